The van der Waals surface area contributed by atoms with Crippen molar-refractivity contribution in [2.24, 2.45) is 0 Å². The van der Waals surface area contributed by atoms with Crippen molar-refractivity contribution in [3.05, 3.63) is 0 Å². The van der Waals surface area contributed by atoms with Crippen molar-refractivity contribution < 1.29 is 24.4 Å². The second-order valence-corrected chi connectivity index (χ2v) is 4.36. The molecule has 2 aliphatic heterocycles. The third kappa shape index (κ3) is 1.55. The monoisotopic (exact) mass is 204 g/mol. The Kier molecular flexibility index (Phi) is 2.32. The van der Waals surface area contributed by atoms with Crippen LogP contribution in [0, 0.1) is 0 Å². The Labute approximate surface area is 82.6 Å². The molecular weight excluding hydrogens is 188 g/mol. The molecule has 2 atom stereocenters. The summed E-state index contributed by atoms with van der Waals surface area (Å²) in [6, 6.07) is 0. The zero-order chi connectivity index (χ0) is 10.4. The number of hydrogen-bond acceptors (Lipinski definition) is 5. The summed E-state index contributed by atoms with van der Waals surface area (Å²) in [5.41, 5.74) is -0.897. The van der Waals surface area contributed by atoms with Crippen LogP contribution >= 0.6 is 0 Å². The molecule has 2 fully saturated rings. The van der Waals surface area contributed by atoms with Gasteiger partial charge in [-0.25, -0.2) is 0 Å². The predicted molar refractivity (Wildman–Crippen MR) is 46.4 cm³/mol. The van der Waals surface area contributed by atoms with E-state index in [1.807, 2.05) is 13.8 Å². The van der Waals surface area contributed by atoms with Crippen molar-refractivity contribution >= 4 is 0 Å². The summed E-state index contributed by atoms with van der Waals surface area (Å²) in [5.74, 6) is -0.633. The Bertz CT molecular complexity index is 205. The molecule has 2 heterocycles. The lowest BCUT2D eigenvalue weighted by Crippen LogP contribution is -2.40. The number of fused-ring (bicyclic) bond motifs is 1. The molecule has 0 aromatic heterocycles. The van der Waals surface area contributed by atoms with E-state index in [1.165, 1.54) is 0 Å². The molecule has 0 amide bonds. The summed E-state index contributed by atoms with van der Waals surface area (Å²) in [6.45, 7) is 3.19. The van der Waals surface area contributed by atoms with Crippen LogP contribution in [-0.4, -0.2) is 47.2 Å². The average molecular weight is 204 g/mol. The molecule has 0 bridgehead atoms. The highest BCUT2D eigenvalue weighted by Gasteiger charge is 2.54. The molecule has 2 rings (SSSR count). The minimum Gasteiger partial charge on any atom is -0.393 e. The van der Waals surface area contributed by atoms with Gasteiger partial charge in [-0.15, -0.1) is 0 Å². The Balaban J connectivity index is 2.06. The van der Waals surface area contributed by atoms with E-state index in [4.69, 9.17) is 24.4 Å². The highest BCUT2D eigenvalue weighted by Crippen LogP contribution is 2.41. The first-order chi connectivity index (χ1) is 6.50. The third-order valence-corrected chi connectivity index (χ3v) is 2.65. The first-order valence-corrected chi connectivity index (χ1v) is 4.75. The maximum atomic E-state index is 9.11. The lowest BCUT2D eigenvalue weighted by atomic mass is 10.0. The summed E-state index contributed by atoms with van der Waals surface area (Å²) in [4.78, 5) is 0. The standard InChI is InChI=1S/C9H16O5/c1-8(2)12-6-3-9(4-10,5-11)14-7(6)13-8/h6-7,10-11H,3-5H2,1-2H3/t6-,7+/m1/s1. The number of hydrogen-bond donors (Lipinski definition) is 2. The molecule has 2 saturated heterocycles. The van der Waals surface area contributed by atoms with Gasteiger partial charge in [0, 0.05) is 6.42 Å². The van der Waals surface area contributed by atoms with E-state index in [2.05, 4.69) is 0 Å². The normalized spacial score (nSPS) is 38.6. The van der Waals surface area contributed by atoms with Gasteiger partial charge in [-0.05, 0) is 13.8 Å². The van der Waals surface area contributed by atoms with Crippen molar-refractivity contribution in [3.63, 3.8) is 0 Å². The molecule has 82 valence electrons. The minimum absolute atomic E-state index is 0.190. The zero-order valence-corrected chi connectivity index (χ0v) is 8.40. The molecule has 14 heavy (non-hydrogen) atoms. The molecule has 0 aromatic rings. The molecular formula is C9H16O5. The lowest BCUT2D eigenvalue weighted by molar-refractivity contribution is -0.236. The molecule has 0 aliphatic carbocycles. The van der Waals surface area contributed by atoms with E-state index in [-0.39, 0.29) is 19.3 Å². The van der Waals surface area contributed by atoms with Gasteiger partial charge in [0.1, 0.15) is 11.7 Å². The van der Waals surface area contributed by atoms with Crippen molar-refractivity contribution in [1.82, 2.24) is 0 Å². The summed E-state index contributed by atoms with van der Waals surface area (Å²) < 4.78 is 16.5. The Hall–Kier alpha value is -0.200. The van der Waals surface area contributed by atoms with Gasteiger partial charge in [-0.3, -0.25) is 0 Å². The highest BCUT2D eigenvalue weighted by atomic mass is 16.8. The molecule has 0 saturated carbocycles. The Morgan fingerprint density at radius 2 is 1.79 bits per heavy atom. The van der Waals surface area contributed by atoms with Gasteiger partial charge < -0.3 is 24.4 Å². The quantitative estimate of drug-likeness (QED) is 0.641. The number of aliphatic hydroxyl groups is 2. The van der Waals surface area contributed by atoms with E-state index < -0.39 is 17.7 Å². The second kappa shape index (κ2) is 3.15. The minimum atomic E-state index is -0.897. The molecule has 5 nitrogen and oxygen atoms in total. The van der Waals surface area contributed by atoms with E-state index in [9.17, 15) is 0 Å². The van der Waals surface area contributed by atoms with Crippen LogP contribution in [0.15, 0.2) is 0 Å². The molecule has 0 radical (unpaired) electrons. The van der Waals surface area contributed by atoms with Gasteiger partial charge in [-0.2, -0.15) is 0 Å². The fourth-order valence-corrected chi connectivity index (χ4v) is 1.96. The van der Waals surface area contributed by atoms with Crippen molar-refractivity contribution in [2.45, 2.75) is 44.1 Å². The van der Waals surface area contributed by atoms with Gasteiger partial charge in [-0.1, -0.05) is 0 Å². The van der Waals surface area contributed by atoms with Gasteiger partial charge in [0.25, 0.3) is 0 Å². The summed E-state index contributed by atoms with van der Waals surface area (Å²) in [7, 11) is 0. The smallest absolute Gasteiger partial charge is 0.188 e. The molecule has 0 aromatic carbocycles. The Morgan fingerprint density at radius 1 is 1.14 bits per heavy atom. The van der Waals surface area contributed by atoms with Crippen LogP contribution in [0.1, 0.15) is 20.3 Å². The molecule has 0 spiro atoms. The van der Waals surface area contributed by atoms with Crippen LogP contribution in [0.3, 0.4) is 0 Å². The molecule has 2 N–H and O–H groups in total. The van der Waals surface area contributed by atoms with E-state index >= 15 is 0 Å². The third-order valence-electron chi connectivity index (χ3n) is 2.65. The topological polar surface area (TPSA) is 68.2 Å². The van der Waals surface area contributed by atoms with E-state index in [0.29, 0.717) is 6.42 Å². The van der Waals surface area contributed by atoms with Crippen LogP contribution in [0.25, 0.3) is 0 Å². The number of rotatable bonds is 2. The average Bonchev–Trinajstić information content (AvgIpc) is 2.55. The zero-order valence-electron chi connectivity index (χ0n) is 8.40. The Morgan fingerprint density at radius 3 is 2.29 bits per heavy atom. The van der Waals surface area contributed by atoms with Gasteiger partial charge in [0.2, 0.25) is 0 Å². The predicted octanol–water partition coefficient (Wildman–Crippen LogP) is -0.392. The van der Waals surface area contributed by atoms with E-state index in [1.54, 1.807) is 0 Å². The SMILES string of the molecule is CC1(C)O[C@H]2OC(CO)(CO)C[C@H]2O1. The van der Waals surface area contributed by atoms with Crippen molar-refractivity contribution in [3.8, 4) is 0 Å². The summed E-state index contributed by atoms with van der Waals surface area (Å²) in [6.07, 6.45) is -0.192. The van der Waals surface area contributed by atoms with Crippen LogP contribution in [0.5, 0.6) is 0 Å². The lowest BCUT2D eigenvalue weighted by Gasteiger charge is -2.27. The van der Waals surface area contributed by atoms with Gasteiger partial charge in [0.05, 0.1) is 13.2 Å². The van der Waals surface area contributed by atoms with Crippen LogP contribution < -0.4 is 0 Å². The fourth-order valence-electron chi connectivity index (χ4n) is 1.96. The molecule has 2 aliphatic rings. The van der Waals surface area contributed by atoms with Crippen LogP contribution in [0.4, 0.5) is 0 Å². The highest BCUT2D eigenvalue weighted by molar-refractivity contribution is 4.94. The number of ether oxygens (including phenoxy) is 3. The van der Waals surface area contributed by atoms with Crippen LogP contribution in [-0.2, 0) is 14.2 Å². The summed E-state index contributed by atoms with van der Waals surface area (Å²) >= 11 is 0. The maximum Gasteiger partial charge on any atom is 0.188 e. The maximum absolute atomic E-state index is 9.11. The molecule has 5 heteroatoms. The first kappa shape index (κ1) is 10.3. The summed E-state index contributed by atoms with van der Waals surface area (Å²) in [5, 5.41) is 18.2. The first-order valence-electron chi connectivity index (χ1n) is 4.75. The largest absolute Gasteiger partial charge is 0.393 e. The van der Waals surface area contributed by atoms with Gasteiger partial charge in [0.15, 0.2) is 12.1 Å². The second-order valence-electron chi connectivity index (χ2n) is 4.36. The van der Waals surface area contributed by atoms with Gasteiger partial charge >= 0.3 is 0 Å². The van der Waals surface area contributed by atoms with Crippen LogP contribution in [0.2, 0.25) is 0 Å². The van der Waals surface area contributed by atoms with Crippen molar-refractivity contribution in [2.75, 3.05) is 13.2 Å². The van der Waals surface area contributed by atoms with E-state index in [0.717, 1.165) is 0 Å². The fraction of sp³-hybridized carbons (Fsp3) is 1.00. The van der Waals surface area contributed by atoms with Crippen molar-refractivity contribution in [1.29, 1.82) is 0 Å². The number of aliphatic hydroxyl groups excluding tert-OH is 2. The molecule has 0 unspecified atom stereocenters.